The van der Waals surface area contributed by atoms with Crippen molar-refractivity contribution in [2.45, 2.75) is 38.1 Å². The fraction of sp³-hybridized carbons (Fsp3) is 0.350. The molecule has 42 heavy (non-hydrogen) atoms. The molecule has 20 nitrogen and oxygen atoms in total. The summed E-state index contributed by atoms with van der Waals surface area (Å²) in [6.07, 6.45) is -0.582. The molecule has 228 valence electrons. The molecule has 0 bridgehead atoms. The predicted octanol–water partition coefficient (Wildman–Crippen LogP) is -2.16. The molecule has 8 N–H and O–H groups in total. The number of nitrogens with one attached hydrogen (secondary N) is 2. The van der Waals surface area contributed by atoms with Gasteiger partial charge in [0.15, 0.2) is 16.6 Å². The monoisotopic (exact) mass is 633 g/mol. The Morgan fingerprint density at radius 2 is 1.95 bits per heavy atom. The molecule has 3 amide bonds. The molecule has 1 fully saturated rings. The van der Waals surface area contributed by atoms with E-state index in [4.69, 9.17) is 15.3 Å². The lowest BCUT2D eigenvalue weighted by atomic mass is 9.98. The number of pyridine rings is 1. The maximum atomic E-state index is 13.1. The molecule has 22 heteroatoms. The number of nitrogens with zero attached hydrogens (tertiary/aromatic N) is 4. The summed E-state index contributed by atoms with van der Waals surface area (Å²) in [5.74, 6) is -4.70. The number of carboxylic acid groups (broad SMARTS) is 1. The smallest absolute Gasteiger partial charge is 0.407 e. The van der Waals surface area contributed by atoms with Crippen LogP contribution in [0.15, 0.2) is 27.6 Å². The summed E-state index contributed by atoms with van der Waals surface area (Å²) >= 11 is 0.888. The number of aliphatic carboxylic acids is 1. The van der Waals surface area contributed by atoms with Gasteiger partial charge in [0, 0.05) is 18.0 Å². The van der Waals surface area contributed by atoms with Gasteiger partial charge >= 0.3 is 22.4 Å². The SMILES string of the molecule is CC(C)(ON=C(C(=O)N[C@@H]1C(=O)N(S(=O)(=O)O)[C@@H]1CNC(=O)OCc1cc(=O)c(O)cn1O)c1csc(N)n1)C(=O)O. The first kappa shape index (κ1) is 31.6. The van der Waals surface area contributed by atoms with Crippen LogP contribution in [-0.4, -0.2) is 96.2 Å². The van der Waals surface area contributed by atoms with Crippen LogP contribution in [0.2, 0.25) is 0 Å². The maximum absolute atomic E-state index is 13.1. The highest BCUT2D eigenvalue weighted by atomic mass is 32.2. The van der Waals surface area contributed by atoms with Crippen LogP contribution in [0.5, 0.6) is 5.75 Å². The van der Waals surface area contributed by atoms with E-state index in [1.54, 1.807) is 0 Å². The Hall–Kier alpha value is -4.96. The lowest BCUT2D eigenvalue weighted by Gasteiger charge is -2.44. The summed E-state index contributed by atoms with van der Waals surface area (Å²) in [4.78, 5) is 69.4. The molecule has 0 aromatic carbocycles. The summed E-state index contributed by atoms with van der Waals surface area (Å²) in [5.41, 5.74) is 1.74. The fourth-order valence-electron chi connectivity index (χ4n) is 3.21. The number of amides is 3. The Morgan fingerprint density at radius 3 is 2.52 bits per heavy atom. The van der Waals surface area contributed by atoms with Crippen LogP contribution in [-0.2, 0) is 40.9 Å². The number of hydrogen-bond donors (Lipinski definition) is 7. The minimum Gasteiger partial charge on any atom is -0.503 e. The van der Waals surface area contributed by atoms with E-state index in [0.29, 0.717) is 10.9 Å². The van der Waals surface area contributed by atoms with Gasteiger partial charge in [0.25, 0.3) is 11.8 Å². The quantitative estimate of drug-likeness (QED) is 0.0456. The zero-order valence-corrected chi connectivity index (χ0v) is 23.1. The van der Waals surface area contributed by atoms with Crippen LogP contribution in [0.4, 0.5) is 9.93 Å². The second-order valence-electron chi connectivity index (χ2n) is 8.86. The lowest BCUT2D eigenvalue weighted by molar-refractivity contribution is -0.161. The largest absolute Gasteiger partial charge is 0.503 e. The number of carbonyl (C=O) groups excluding carboxylic acids is 3. The van der Waals surface area contributed by atoms with E-state index < -0.39 is 81.9 Å². The average molecular weight is 634 g/mol. The molecule has 1 aliphatic heterocycles. The molecular weight excluding hydrogens is 610 g/mol. The minimum atomic E-state index is -5.16. The van der Waals surface area contributed by atoms with Crippen LogP contribution in [0.1, 0.15) is 25.2 Å². The molecule has 2 aromatic heterocycles. The molecule has 1 saturated heterocycles. The van der Waals surface area contributed by atoms with Gasteiger partial charge in [0.1, 0.15) is 18.3 Å². The Kier molecular flexibility index (Phi) is 8.93. The van der Waals surface area contributed by atoms with Crippen LogP contribution in [0.25, 0.3) is 0 Å². The van der Waals surface area contributed by atoms with Crippen molar-refractivity contribution >= 4 is 56.4 Å². The van der Waals surface area contributed by atoms with Gasteiger partial charge in [-0.05, 0) is 13.8 Å². The van der Waals surface area contributed by atoms with E-state index in [2.05, 4.69) is 20.8 Å². The second-order valence-corrected chi connectivity index (χ2v) is 11.0. The molecular formula is C20H23N7O13S2. The number of hydrogen-bond acceptors (Lipinski definition) is 15. The topological polar surface area (TPSA) is 302 Å². The molecule has 3 rings (SSSR count). The van der Waals surface area contributed by atoms with Crippen LogP contribution in [0, 0.1) is 0 Å². The van der Waals surface area contributed by atoms with Gasteiger partial charge in [-0.15, -0.1) is 11.3 Å². The highest BCUT2D eigenvalue weighted by molar-refractivity contribution is 7.84. The lowest BCUT2D eigenvalue weighted by Crippen LogP contribution is -2.74. The van der Waals surface area contributed by atoms with Crippen molar-refractivity contribution in [3.05, 3.63) is 39.3 Å². The Balaban J connectivity index is 1.76. The Morgan fingerprint density at radius 1 is 1.29 bits per heavy atom. The van der Waals surface area contributed by atoms with Gasteiger partial charge in [-0.1, -0.05) is 5.16 Å². The third-order valence-corrected chi connectivity index (χ3v) is 7.08. The molecule has 0 saturated carbocycles. The normalized spacial score (nSPS) is 17.3. The number of aromatic nitrogens is 2. The second kappa shape index (κ2) is 11.9. The van der Waals surface area contributed by atoms with Crippen molar-refractivity contribution in [3.8, 4) is 5.75 Å². The van der Waals surface area contributed by atoms with E-state index in [1.165, 1.54) is 5.38 Å². The Bertz CT molecular complexity index is 1620. The van der Waals surface area contributed by atoms with Crippen LogP contribution >= 0.6 is 11.3 Å². The van der Waals surface area contributed by atoms with E-state index in [0.717, 1.165) is 31.3 Å². The summed E-state index contributed by atoms with van der Waals surface area (Å²) < 4.78 is 38.1. The van der Waals surface area contributed by atoms with Crippen molar-refractivity contribution in [1.29, 1.82) is 0 Å². The zero-order chi connectivity index (χ0) is 31.6. The summed E-state index contributed by atoms with van der Waals surface area (Å²) in [5, 5.41) is 37.3. The zero-order valence-electron chi connectivity index (χ0n) is 21.4. The standard InChI is InChI=1S/C20H23N7O13S2/c1-20(2,17(32)33)40-25-13(9-7-41-18(21)23-9)15(30)24-14-10(27(16(14)31)42(36,37)38)4-22-19(34)39-6-8-3-11(28)12(29)5-26(8)35/h3,5,7,10,14,29,35H,4,6H2,1-2H3,(H2,21,23)(H,22,34)(H,24,30)(H,32,33)(H,36,37,38)/t10-,14+/m1/s1. The van der Waals surface area contributed by atoms with Crippen molar-refractivity contribution in [2.24, 2.45) is 5.16 Å². The van der Waals surface area contributed by atoms with Gasteiger partial charge in [-0.2, -0.15) is 13.1 Å². The highest BCUT2D eigenvalue weighted by Crippen LogP contribution is 2.24. The van der Waals surface area contributed by atoms with E-state index in [-0.39, 0.29) is 20.8 Å². The minimum absolute atomic E-state index is 0.00801. The molecule has 0 radical (unpaired) electrons. The number of ether oxygens (including phenoxy) is 1. The summed E-state index contributed by atoms with van der Waals surface area (Å²) in [6, 6.07) is -2.49. The molecule has 2 atom stereocenters. The third-order valence-electron chi connectivity index (χ3n) is 5.46. The van der Waals surface area contributed by atoms with E-state index >= 15 is 0 Å². The first-order chi connectivity index (χ1) is 19.4. The van der Waals surface area contributed by atoms with Crippen molar-refractivity contribution in [1.82, 2.24) is 24.7 Å². The number of carbonyl (C=O) groups is 4. The molecule has 0 spiro atoms. The van der Waals surface area contributed by atoms with Crippen molar-refractivity contribution < 1.29 is 57.1 Å². The number of oxime groups is 1. The number of anilines is 1. The first-order valence-corrected chi connectivity index (χ1v) is 13.6. The number of carboxylic acids is 1. The van der Waals surface area contributed by atoms with Gasteiger partial charge in [-0.3, -0.25) is 18.9 Å². The molecule has 0 aliphatic carbocycles. The maximum Gasteiger partial charge on any atom is 0.407 e. The molecule has 2 aromatic rings. The van der Waals surface area contributed by atoms with Crippen molar-refractivity contribution in [3.63, 3.8) is 0 Å². The predicted molar refractivity (Wildman–Crippen MR) is 138 cm³/mol. The van der Waals surface area contributed by atoms with Gasteiger partial charge in [0.2, 0.25) is 11.0 Å². The number of nitrogen functional groups attached to an aromatic ring is 1. The third kappa shape index (κ3) is 7.02. The number of nitrogens with two attached hydrogens (primary N) is 1. The van der Waals surface area contributed by atoms with Gasteiger partial charge < -0.3 is 41.4 Å². The molecule has 0 unspecified atom stereocenters. The molecule has 1 aliphatic rings. The molecule has 3 heterocycles. The first-order valence-electron chi connectivity index (χ1n) is 11.3. The highest BCUT2D eigenvalue weighted by Gasteiger charge is 2.54. The number of alkyl carbamates (subject to hydrolysis) is 1. The summed E-state index contributed by atoms with van der Waals surface area (Å²) in [7, 11) is -5.16. The number of rotatable bonds is 11. The Labute approximate surface area is 238 Å². The fourth-order valence-corrected chi connectivity index (χ4v) is 4.64. The van der Waals surface area contributed by atoms with E-state index in [9.17, 15) is 52.4 Å². The average Bonchev–Trinajstić information content (AvgIpc) is 3.30. The van der Waals surface area contributed by atoms with Crippen LogP contribution in [0.3, 0.4) is 0 Å². The van der Waals surface area contributed by atoms with Crippen LogP contribution < -0.4 is 21.8 Å². The summed E-state index contributed by atoms with van der Waals surface area (Å²) in [6.45, 7) is 0.860. The van der Waals surface area contributed by atoms with Crippen molar-refractivity contribution in [2.75, 3.05) is 12.3 Å². The van der Waals surface area contributed by atoms with Gasteiger partial charge in [-0.25, -0.2) is 18.9 Å². The van der Waals surface area contributed by atoms with E-state index in [1.807, 2.05) is 0 Å². The number of aromatic hydroxyl groups is 1. The van der Waals surface area contributed by atoms with Gasteiger partial charge in [0.05, 0.1) is 17.9 Å². The number of β-lactam (4-membered cyclic amide) rings is 1. The number of thiazole rings is 1.